The Balaban J connectivity index is 2.37. The Kier molecular flexibility index (Phi) is 1.05. The van der Waals surface area contributed by atoms with E-state index < -0.39 is 0 Å². The molecule has 1 heteroatoms. The molecule has 1 aliphatic carbocycles. The van der Waals surface area contributed by atoms with Crippen molar-refractivity contribution in [3.8, 4) is 0 Å². The minimum atomic E-state index is 0.852. The summed E-state index contributed by atoms with van der Waals surface area (Å²) >= 11 is 0. The van der Waals surface area contributed by atoms with Crippen molar-refractivity contribution in [1.82, 2.24) is 0 Å². The molecule has 0 bridgehead atoms. The first-order chi connectivity index (χ1) is 3.34. The van der Waals surface area contributed by atoms with Crippen LogP contribution in [-0.4, -0.2) is 0 Å². The molecule has 0 spiro atoms. The smallest absolute Gasteiger partial charge is 0.00705 e. The first-order valence-electron chi connectivity index (χ1n) is 2.73. The van der Waals surface area contributed by atoms with Crippen molar-refractivity contribution in [1.29, 1.82) is 0 Å². The third-order valence-electron chi connectivity index (χ3n) is 1.48. The number of allylic oxidation sites excluding steroid dienone is 1. The molecule has 0 heterocycles. The zero-order valence-electron chi connectivity index (χ0n) is 4.65. The van der Waals surface area contributed by atoms with E-state index in [0.29, 0.717) is 0 Å². The van der Waals surface area contributed by atoms with E-state index in [1.807, 2.05) is 0 Å². The van der Waals surface area contributed by atoms with Gasteiger partial charge in [-0.2, -0.15) is 0 Å². The maximum Gasteiger partial charge on any atom is -0.00705 e. The van der Waals surface area contributed by atoms with Crippen LogP contribution in [-0.2, 0) is 0 Å². The Labute approximate surface area is 44.2 Å². The summed E-state index contributed by atoms with van der Waals surface area (Å²) in [5.41, 5.74) is 6.61. The first kappa shape index (κ1) is 4.69. The van der Waals surface area contributed by atoms with E-state index in [1.165, 1.54) is 18.4 Å². The van der Waals surface area contributed by atoms with Crippen molar-refractivity contribution >= 4 is 0 Å². The monoisotopic (exact) mass is 97.1 g/mol. The Bertz CT molecular complexity index is 90.4. The summed E-state index contributed by atoms with van der Waals surface area (Å²) in [7, 11) is 0. The molecule has 0 aromatic carbocycles. The van der Waals surface area contributed by atoms with E-state index in [9.17, 15) is 0 Å². The Morgan fingerprint density at radius 2 is 2.29 bits per heavy atom. The van der Waals surface area contributed by atoms with Crippen molar-refractivity contribution in [3.63, 3.8) is 0 Å². The highest BCUT2D eigenvalue weighted by Gasteiger charge is 2.22. The molecular weight excluding hydrogens is 86.1 g/mol. The van der Waals surface area contributed by atoms with Crippen LogP contribution >= 0.6 is 0 Å². The predicted octanol–water partition coefficient (Wildman–Crippen LogP) is 1.26. The van der Waals surface area contributed by atoms with Gasteiger partial charge in [-0.15, -0.1) is 0 Å². The molecule has 0 saturated heterocycles. The molecule has 0 amide bonds. The lowest BCUT2D eigenvalue weighted by Crippen LogP contribution is -1.84. The lowest BCUT2D eigenvalue weighted by molar-refractivity contribution is 0.997. The highest BCUT2D eigenvalue weighted by molar-refractivity contribution is 5.07. The molecule has 1 saturated carbocycles. The molecule has 0 aliphatic heterocycles. The molecule has 1 rings (SSSR count). The van der Waals surface area contributed by atoms with Crippen LogP contribution in [0.15, 0.2) is 11.8 Å². The summed E-state index contributed by atoms with van der Waals surface area (Å²) in [6.07, 6.45) is 4.44. The minimum Gasteiger partial charge on any atom is -0.405 e. The maximum absolute atomic E-state index is 5.25. The Morgan fingerprint density at radius 3 is 2.43 bits per heavy atom. The van der Waals surface area contributed by atoms with Gasteiger partial charge in [-0.3, -0.25) is 0 Å². The van der Waals surface area contributed by atoms with Gasteiger partial charge in [0.2, 0.25) is 0 Å². The zero-order chi connectivity index (χ0) is 5.28. The van der Waals surface area contributed by atoms with E-state index >= 15 is 0 Å². The molecule has 1 fully saturated rings. The fourth-order valence-electron chi connectivity index (χ4n) is 0.675. The highest BCUT2D eigenvalue weighted by Crippen LogP contribution is 2.35. The fourth-order valence-corrected chi connectivity index (χ4v) is 0.675. The lowest BCUT2D eigenvalue weighted by atomic mass is 10.2. The quantitative estimate of drug-likeness (QED) is 0.523. The number of hydrogen-bond acceptors (Lipinski definition) is 1. The van der Waals surface area contributed by atoms with Gasteiger partial charge in [0.05, 0.1) is 0 Å². The van der Waals surface area contributed by atoms with E-state index in [4.69, 9.17) is 5.73 Å². The number of rotatable bonds is 1. The van der Waals surface area contributed by atoms with Gasteiger partial charge in [0, 0.05) is 0 Å². The summed E-state index contributed by atoms with van der Waals surface area (Å²) < 4.78 is 0. The second-order valence-electron chi connectivity index (χ2n) is 2.18. The van der Waals surface area contributed by atoms with Gasteiger partial charge in [0.1, 0.15) is 0 Å². The summed E-state index contributed by atoms with van der Waals surface area (Å²) in [6, 6.07) is 0. The molecule has 1 nitrogen and oxygen atoms in total. The van der Waals surface area contributed by atoms with Crippen LogP contribution in [0.3, 0.4) is 0 Å². The fraction of sp³-hybridized carbons (Fsp3) is 0.667. The molecule has 1 aliphatic rings. The molecule has 2 N–H and O–H groups in total. The molecule has 7 heavy (non-hydrogen) atoms. The Hall–Kier alpha value is -0.460. The van der Waals surface area contributed by atoms with Crippen molar-refractivity contribution in [2.75, 3.05) is 0 Å². The average Bonchev–Trinajstić information content (AvgIpc) is 2.44. The largest absolute Gasteiger partial charge is 0.405 e. The third-order valence-corrected chi connectivity index (χ3v) is 1.48. The van der Waals surface area contributed by atoms with Crippen molar-refractivity contribution < 1.29 is 0 Å². The standard InChI is InChI=1S/C6H11N/c1-5(4-7)6-2-3-6/h4,6H,2-3,7H2,1H3/b5-4-. The van der Waals surface area contributed by atoms with Gasteiger partial charge in [-0.25, -0.2) is 0 Å². The van der Waals surface area contributed by atoms with E-state index in [0.717, 1.165) is 5.92 Å². The normalized spacial score (nSPS) is 22.7. The molecule has 0 radical (unpaired) electrons. The third kappa shape index (κ3) is 0.952. The second-order valence-corrected chi connectivity index (χ2v) is 2.18. The topological polar surface area (TPSA) is 26.0 Å². The SMILES string of the molecule is C/C(=C/N)C1CC1. The van der Waals surface area contributed by atoms with Crippen LogP contribution < -0.4 is 5.73 Å². The van der Waals surface area contributed by atoms with Gasteiger partial charge in [0.15, 0.2) is 0 Å². The van der Waals surface area contributed by atoms with E-state index in [-0.39, 0.29) is 0 Å². The van der Waals surface area contributed by atoms with Gasteiger partial charge in [-0.05, 0) is 31.9 Å². The van der Waals surface area contributed by atoms with Gasteiger partial charge >= 0.3 is 0 Å². The summed E-state index contributed by atoms with van der Waals surface area (Å²) in [5.74, 6) is 0.852. The van der Waals surface area contributed by atoms with Crippen LogP contribution in [0.5, 0.6) is 0 Å². The van der Waals surface area contributed by atoms with Crippen molar-refractivity contribution in [3.05, 3.63) is 11.8 Å². The Morgan fingerprint density at radius 1 is 1.71 bits per heavy atom. The zero-order valence-corrected chi connectivity index (χ0v) is 4.65. The lowest BCUT2D eigenvalue weighted by Gasteiger charge is -1.88. The molecule has 0 aromatic rings. The van der Waals surface area contributed by atoms with Crippen molar-refractivity contribution in [2.45, 2.75) is 19.8 Å². The maximum atomic E-state index is 5.25. The number of nitrogens with two attached hydrogens (primary N) is 1. The van der Waals surface area contributed by atoms with E-state index in [2.05, 4.69) is 6.92 Å². The van der Waals surface area contributed by atoms with Crippen LogP contribution in [0.4, 0.5) is 0 Å². The highest BCUT2D eigenvalue weighted by atomic mass is 14.5. The van der Waals surface area contributed by atoms with E-state index in [1.54, 1.807) is 6.20 Å². The number of hydrogen-bond donors (Lipinski definition) is 1. The summed E-state index contributed by atoms with van der Waals surface area (Å²) in [4.78, 5) is 0. The van der Waals surface area contributed by atoms with Gasteiger partial charge < -0.3 is 5.73 Å². The molecular formula is C6H11N. The second kappa shape index (κ2) is 1.57. The molecule has 40 valence electrons. The van der Waals surface area contributed by atoms with Crippen LogP contribution in [0.25, 0.3) is 0 Å². The van der Waals surface area contributed by atoms with Crippen LogP contribution in [0.2, 0.25) is 0 Å². The average molecular weight is 97.2 g/mol. The first-order valence-corrected chi connectivity index (χ1v) is 2.73. The van der Waals surface area contributed by atoms with Crippen LogP contribution in [0.1, 0.15) is 19.8 Å². The molecule has 0 aromatic heterocycles. The predicted molar refractivity (Wildman–Crippen MR) is 30.7 cm³/mol. The summed E-state index contributed by atoms with van der Waals surface area (Å²) in [6.45, 7) is 2.09. The van der Waals surface area contributed by atoms with Crippen LogP contribution in [0, 0.1) is 5.92 Å². The summed E-state index contributed by atoms with van der Waals surface area (Å²) in [5, 5.41) is 0. The molecule has 0 unspecified atom stereocenters. The van der Waals surface area contributed by atoms with Crippen molar-refractivity contribution in [2.24, 2.45) is 11.7 Å². The minimum absolute atomic E-state index is 0.852. The molecule has 0 atom stereocenters. The van der Waals surface area contributed by atoms with Gasteiger partial charge in [-0.1, -0.05) is 5.57 Å². The van der Waals surface area contributed by atoms with Gasteiger partial charge in [0.25, 0.3) is 0 Å².